The van der Waals surface area contributed by atoms with Gasteiger partial charge in [-0.15, -0.1) is 0 Å². The summed E-state index contributed by atoms with van der Waals surface area (Å²) in [5, 5.41) is 12.0. The second-order valence-electron chi connectivity index (χ2n) is 4.89. The van der Waals surface area contributed by atoms with Crippen LogP contribution in [-0.4, -0.2) is 44.8 Å². The van der Waals surface area contributed by atoms with E-state index in [2.05, 4.69) is 34.3 Å². The third-order valence-electron chi connectivity index (χ3n) is 2.92. The van der Waals surface area contributed by atoms with Crippen LogP contribution in [0.1, 0.15) is 31.4 Å². The molecule has 0 radical (unpaired) electrons. The van der Waals surface area contributed by atoms with Crippen molar-refractivity contribution in [3.05, 3.63) is 30.1 Å². The molecule has 2 aromatic rings. The Labute approximate surface area is 119 Å². The van der Waals surface area contributed by atoms with Crippen molar-refractivity contribution in [2.24, 2.45) is 0 Å². The van der Waals surface area contributed by atoms with E-state index in [0.717, 1.165) is 24.6 Å². The van der Waals surface area contributed by atoms with Crippen LogP contribution in [0.25, 0.3) is 0 Å². The molecule has 7 heteroatoms. The first-order valence-corrected chi connectivity index (χ1v) is 6.81. The van der Waals surface area contributed by atoms with Crippen molar-refractivity contribution < 1.29 is 4.74 Å². The molecule has 0 aliphatic rings. The van der Waals surface area contributed by atoms with Gasteiger partial charge in [0.15, 0.2) is 0 Å². The van der Waals surface area contributed by atoms with E-state index < -0.39 is 0 Å². The van der Waals surface area contributed by atoms with Crippen LogP contribution < -0.4 is 5.32 Å². The molecule has 0 saturated carbocycles. The van der Waals surface area contributed by atoms with Crippen LogP contribution in [0.3, 0.4) is 0 Å². The van der Waals surface area contributed by atoms with Crippen LogP contribution in [0.5, 0.6) is 0 Å². The maximum absolute atomic E-state index is 4.98. The zero-order chi connectivity index (χ0) is 14.4. The van der Waals surface area contributed by atoms with Crippen LogP contribution in [0.15, 0.2) is 18.6 Å². The van der Waals surface area contributed by atoms with Gasteiger partial charge in [0.05, 0.1) is 12.3 Å². The van der Waals surface area contributed by atoms with Gasteiger partial charge in [0.25, 0.3) is 0 Å². The van der Waals surface area contributed by atoms with Gasteiger partial charge in [0, 0.05) is 32.4 Å². The number of nitrogens with one attached hydrogen (secondary N) is 1. The van der Waals surface area contributed by atoms with Crippen molar-refractivity contribution in [2.75, 3.05) is 20.3 Å². The summed E-state index contributed by atoms with van der Waals surface area (Å²) in [7, 11) is 1.70. The van der Waals surface area contributed by atoms with E-state index in [1.54, 1.807) is 13.4 Å². The molecule has 2 aromatic heterocycles. The standard InChI is InChI=1S/C13H22N6O/c1-11(2)19-13(15-10-16-19)9-18-6-4-12(17-18)8-14-5-7-20-3/h4,6,10-11,14H,5,7-9H2,1-3H3. The molecule has 2 heterocycles. The molecule has 1 N–H and O–H groups in total. The zero-order valence-electron chi connectivity index (χ0n) is 12.3. The summed E-state index contributed by atoms with van der Waals surface area (Å²) in [6.07, 6.45) is 3.55. The first-order chi connectivity index (χ1) is 9.70. The fraction of sp³-hybridized carbons (Fsp3) is 0.615. The Balaban J connectivity index is 1.90. The molecule has 0 spiro atoms. The Morgan fingerprint density at radius 3 is 3.00 bits per heavy atom. The van der Waals surface area contributed by atoms with E-state index in [-0.39, 0.29) is 0 Å². The van der Waals surface area contributed by atoms with Gasteiger partial charge in [0.1, 0.15) is 18.7 Å². The van der Waals surface area contributed by atoms with Gasteiger partial charge in [-0.1, -0.05) is 0 Å². The quantitative estimate of drug-likeness (QED) is 0.725. The number of ether oxygens (including phenoxy) is 1. The lowest BCUT2D eigenvalue weighted by atomic mass is 10.4. The molecule has 0 unspecified atom stereocenters. The summed E-state index contributed by atoms with van der Waals surface area (Å²) in [5.74, 6) is 0.919. The van der Waals surface area contributed by atoms with Crippen molar-refractivity contribution in [1.29, 1.82) is 0 Å². The Morgan fingerprint density at radius 1 is 1.40 bits per heavy atom. The number of hydrogen-bond acceptors (Lipinski definition) is 5. The van der Waals surface area contributed by atoms with E-state index in [4.69, 9.17) is 4.74 Å². The third-order valence-corrected chi connectivity index (χ3v) is 2.92. The highest BCUT2D eigenvalue weighted by Crippen LogP contribution is 2.07. The van der Waals surface area contributed by atoms with Crippen molar-refractivity contribution in [1.82, 2.24) is 29.9 Å². The van der Waals surface area contributed by atoms with Gasteiger partial charge in [-0.2, -0.15) is 10.2 Å². The van der Waals surface area contributed by atoms with Crippen LogP contribution >= 0.6 is 0 Å². The third kappa shape index (κ3) is 3.88. The van der Waals surface area contributed by atoms with Crippen molar-refractivity contribution in [3.63, 3.8) is 0 Å². The predicted octanol–water partition coefficient (Wildman–Crippen LogP) is 0.840. The lowest BCUT2D eigenvalue weighted by molar-refractivity contribution is 0.199. The minimum absolute atomic E-state index is 0.304. The Bertz CT molecular complexity index is 518. The normalized spacial score (nSPS) is 11.4. The molecule has 20 heavy (non-hydrogen) atoms. The number of nitrogens with zero attached hydrogens (tertiary/aromatic N) is 5. The minimum Gasteiger partial charge on any atom is -0.383 e. The molecule has 0 saturated heterocycles. The van der Waals surface area contributed by atoms with E-state index in [0.29, 0.717) is 19.2 Å². The van der Waals surface area contributed by atoms with Crippen LogP contribution in [0.2, 0.25) is 0 Å². The van der Waals surface area contributed by atoms with Crippen molar-refractivity contribution in [2.45, 2.75) is 33.0 Å². The van der Waals surface area contributed by atoms with Crippen LogP contribution in [-0.2, 0) is 17.8 Å². The average molecular weight is 278 g/mol. The van der Waals surface area contributed by atoms with Gasteiger partial charge in [-0.05, 0) is 19.9 Å². The molecular formula is C13H22N6O. The number of aromatic nitrogens is 5. The van der Waals surface area contributed by atoms with E-state index in [1.165, 1.54) is 0 Å². The highest BCUT2D eigenvalue weighted by atomic mass is 16.5. The SMILES string of the molecule is COCCNCc1ccn(Cc2ncnn2C(C)C)n1. The predicted molar refractivity (Wildman–Crippen MR) is 75.3 cm³/mol. The highest BCUT2D eigenvalue weighted by Gasteiger charge is 2.08. The monoisotopic (exact) mass is 278 g/mol. The maximum atomic E-state index is 4.98. The summed E-state index contributed by atoms with van der Waals surface area (Å²) < 4.78 is 8.78. The van der Waals surface area contributed by atoms with Gasteiger partial charge >= 0.3 is 0 Å². The van der Waals surface area contributed by atoms with Gasteiger partial charge < -0.3 is 10.1 Å². The van der Waals surface area contributed by atoms with E-state index in [1.807, 2.05) is 21.6 Å². The van der Waals surface area contributed by atoms with Crippen LogP contribution in [0, 0.1) is 0 Å². The van der Waals surface area contributed by atoms with Crippen molar-refractivity contribution >= 4 is 0 Å². The second-order valence-corrected chi connectivity index (χ2v) is 4.89. The zero-order valence-corrected chi connectivity index (χ0v) is 12.3. The lowest BCUT2D eigenvalue weighted by Crippen LogP contribution is -2.19. The summed E-state index contributed by atoms with van der Waals surface area (Å²) >= 11 is 0. The molecule has 0 bridgehead atoms. The average Bonchev–Trinajstić information content (AvgIpc) is 3.04. The molecule has 0 aliphatic carbocycles. The van der Waals surface area contributed by atoms with E-state index >= 15 is 0 Å². The molecule has 0 atom stereocenters. The molecule has 0 fully saturated rings. The summed E-state index contributed by atoms with van der Waals surface area (Å²) in [4.78, 5) is 4.29. The Morgan fingerprint density at radius 2 is 2.25 bits per heavy atom. The molecule has 0 aromatic carbocycles. The summed E-state index contributed by atoms with van der Waals surface area (Å²) in [6, 6.07) is 2.31. The topological polar surface area (TPSA) is 69.8 Å². The molecule has 2 rings (SSSR count). The molecule has 0 amide bonds. The van der Waals surface area contributed by atoms with Crippen LogP contribution in [0.4, 0.5) is 0 Å². The molecule has 0 aliphatic heterocycles. The summed E-state index contributed by atoms with van der Waals surface area (Å²) in [6.45, 7) is 7.09. The Kier molecular flexibility index (Phi) is 5.25. The first-order valence-electron chi connectivity index (χ1n) is 6.81. The minimum atomic E-state index is 0.304. The smallest absolute Gasteiger partial charge is 0.148 e. The fourth-order valence-electron chi connectivity index (χ4n) is 1.94. The summed E-state index contributed by atoms with van der Waals surface area (Å²) in [5.41, 5.74) is 1.01. The van der Waals surface area contributed by atoms with Gasteiger partial charge in [0.2, 0.25) is 0 Å². The number of rotatable bonds is 8. The largest absolute Gasteiger partial charge is 0.383 e. The van der Waals surface area contributed by atoms with Gasteiger partial charge in [-0.25, -0.2) is 9.67 Å². The molecule has 7 nitrogen and oxygen atoms in total. The maximum Gasteiger partial charge on any atom is 0.148 e. The Hall–Kier alpha value is -1.73. The first kappa shape index (κ1) is 14.7. The second kappa shape index (κ2) is 7.16. The fourth-order valence-corrected chi connectivity index (χ4v) is 1.94. The highest BCUT2D eigenvalue weighted by molar-refractivity contribution is 5.00. The lowest BCUT2D eigenvalue weighted by Gasteiger charge is -2.09. The molecular weight excluding hydrogens is 256 g/mol. The van der Waals surface area contributed by atoms with E-state index in [9.17, 15) is 0 Å². The number of hydrogen-bond donors (Lipinski definition) is 1. The molecule has 110 valence electrons. The van der Waals surface area contributed by atoms with Crippen molar-refractivity contribution in [3.8, 4) is 0 Å². The number of methoxy groups -OCH3 is 1. The van der Waals surface area contributed by atoms with Gasteiger partial charge in [-0.3, -0.25) is 4.68 Å².